The van der Waals surface area contributed by atoms with Gasteiger partial charge in [0.2, 0.25) is 5.91 Å². The minimum Gasteiger partial charge on any atom is -0.497 e. The summed E-state index contributed by atoms with van der Waals surface area (Å²) in [6, 6.07) is 22.8. The molecule has 0 saturated carbocycles. The molecule has 0 bridgehead atoms. The average Bonchev–Trinajstić information content (AvgIpc) is 2.83. The third kappa shape index (κ3) is 4.98. The fourth-order valence-corrected chi connectivity index (χ4v) is 3.52. The van der Waals surface area contributed by atoms with Gasteiger partial charge in [0.25, 0.3) is 0 Å². The van der Waals surface area contributed by atoms with Crippen LogP contribution in [-0.2, 0) is 4.79 Å². The molecule has 6 heteroatoms. The number of ether oxygens (including phenoxy) is 3. The lowest BCUT2D eigenvalue weighted by atomic mass is 9.97. The van der Waals surface area contributed by atoms with Crippen LogP contribution >= 0.6 is 0 Å². The first-order chi connectivity index (χ1) is 15.1. The Morgan fingerprint density at radius 3 is 2.29 bits per heavy atom. The van der Waals surface area contributed by atoms with Crippen molar-refractivity contribution in [1.29, 1.82) is 0 Å². The molecule has 3 aromatic carbocycles. The molecular formula is C25H26N2O4. The van der Waals surface area contributed by atoms with Crippen LogP contribution in [0.4, 0.5) is 5.69 Å². The van der Waals surface area contributed by atoms with Crippen LogP contribution in [0, 0.1) is 0 Å². The van der Waals surface area contributed by atoms with Gasteiger partial charge in [-0.25, -0.2) is 0 Å². The standard InChI is InChI=1S/C25H26N2O4/c1-17(25(28)27-20-10-13-22-23(16-20)31-15-14-30-22)26-24(18-6-4-3-5-7-18)19-8-11-21(29-2)12-9-19/h3-13,16-17,24,26H,14-15H2,1-2H3,(H,27,28). The van der Waals surface area contributed by atoms with Crippen molar-refractivity contribution in [2.75, 3.05) is 25.6 Å². The van der Waals surface area contributed by atoms with Crippen molar-refractivity contribution in [2.24, 2.45) is 0 Å². The van der Waals surface area contributed by atoms with E-state index in [-0.39, 0.29) is 11.9 Å². The molecule has 1 aliphatic heterocycles. The van der Waals surface area contributed by atoms with Crippen molar-refractivity contribution < 1.29 is 19.0 Å². The van der Waals surface area contributed by atoms with Gasteiger partial charge in [0.05, 0.1) is 19.2 Å². The number of anilines is 1. The smallest absolute Gasteiger partial charge is 0.241 e. The zero-order valence-corrected chi connectivity index (χ0v) is 17.6. The molecular weight excluding hydrogens is 392 g/mol. The van der Waals surface area contributed by atoms with Crippen LogP contribution in [0.1, 0.15) is 24.1 Å². The summed E-state index contributed by atoms with van der Waals surface area (Å²) in [6.45, 7) is 2.89. The Morgan fingerprint density at radius 2 is 1.58 bits per heavy atom. The van der Waals surface area contributed by atoms with Gasteiger partial charge in [-0.15, -0.1) is 0 Å². The molecule has 0 spiro atoms. The van der Waals surface area contributed by atoms with Gasteiger partial charge in [0, 0.05) is 11.8 Å². The highest BCUT2D eigenvalue weighted by Gasteiger charge is 2.21. The number of carbonyl (C=O) groups is 1. The first-order valence-corrected chi connectivity index (χ1v) is 10.3. The monoisotopic (exact) mass is 418 g/mol. The van der Waals surface area contributed by atoms with E-state index in [2.05, 4.69) is 10.6 Å². The topological polar surface area (TPSA) is 68.8 Å². The van der Waals surface area contributed by atoms with E-state index in [4.69, 9.17) is 14.2 Å². The van der Waals surface area contributed by atoms with Crippen molar-refractivity contribution in [1.82, 2.24) is 5.32 Å². The van der Waals surface area contributed by atoms with Gasteiger partial charge in [-0.1, -0.05) is 42.5 Å². The molecule has 0 radical (unpaired) electrons. The summed E-state index contributed by atoms with van der Waals surface area (Å²) in [5.74, 6) is 2.00. The molecule has 2 N–H and O–H groups in total. The highest BCUT2D eigenvalue weighted by Crippen LogP contribution is 2.32. The van der Waals surface area contributed by atoms with Gasteiger partial charge in [0.1, 0.15) is 19.0 Å². The zero-order valence-electron chi connectivity index (χ0n) is 17.6. The van der Waals surface area contributed by atoms with Crippen LogP contribution < -0.4 is 24.8 Å². The van der Waals surface area contributed by atoms with E-state index in [0.717, 1.165) is 16.9 Å². The molecule has 2 unspecified atom stereocenters. The van der Waals surface area contributed by atoms with Gasteiger partial charge in [0.15, 0.2) is 11.5 Å². The molecule has 1 heterocycles. The fraction of sp³-hybridized carbons (Fsp3) is 0.240. The number of carbonyl (C=O) groups excluding carboxylic acids is 1. The van der Waals surface area contributed by atoms with E-state index in [9.17, 15) is 4.79 Å². The van der Waals surface area contributed by atoms with Crippen molar-refractivity contribution in [3.63, 3.8) is 0 Å². The first-order valence-electron chi connectivity index (χ1n) is 10.3. The Balaban J connectivity index is 1.50. The van der Waals surface area contributed by atoms with Gasteiger partial charge >= 0.3 is 0 Å². The Morgan fingerprint density at radius 1 is 0.903 bits per heavy atom. The number of rotatable bonds is 7. The molecule has 4 rings (SSSR count). The van der Waals surface area contributed by atoms with Crippen LogP contribution in [0.15, 0.2) is 72.8 Å². The summed E-state index contributed by atoms with van der Waals surface area (Å²) in [4.78, 5) is 12.9. The Hall–Kier alpha value is -3.51. The van der Waals surface area contributed by atoms with Crippen molar-refractivity contribution in [3.8, 4) is 17.2 Å². The predicted molar refractivity (Wildman–Crippen MR) is 120 cm³/mol. The lowest BCUT2D eigenvalue weighted by molar-refractivity contribution is -0.117. The second-order valence-corrected chi connectivity index (χ2v) is 7.35. The van der Waals surface area contributed by atoms with Crippen LogP contribution in [-0.4, -0.2) is 32.3 Å². The largest absolute Gasteiger partial charge is 0.497 e. The van der Waals surface area contributed by atoms with Crippen LogP contribution in [0.25, 0.3) is 0 Å². The van der Waals surface area contributed by atoms with Crippen LogP contribution in [0.2, 0.25) is 0 Å². The molecule has 6 nitrogen and oxygen atoms in total. The SMILES string of the molecule is COc1ccc(C(NC(C)C(=O)Nc2ccc3c(c2)OCCO3)c2ccccc2)cc1. The van der Waals surface area contributed by atoms with E-state index in [0.29, 0.717) is 30.4 Å². The second kappa shape index (κ2) is 9.53. The molecule has 2 atom stereocenters. The molecule has 0 aromatic heterocycles. The summed E-state index contributed by atoms with van der Waals surface area (Å²) in [6.07, 6.45) is 0. The number of hydrogen-bond acceptors (Lipinski definition) is 5. The number of hydrogen-bond donors (Lipinski definition) is 2. The minimum atomic E-state index is -0.444. The van der Waals surface area contributed by atoms with Gasteiger partial charge < -0.3 is 19.5 Å². The Labute approximate surface area is 182 Å². The molecule has 1 amide bonds. The molecule has 160 valence electrons. The first kappa shape index (κ1) is 20.8. The number of methoxy groups -OCH3 is 1. The van der Waals surface area contributed by atoms with E-state index in [1.807, 2.05) is 73.7 Å². The quantitative estimate of drug-likeness (QED) is 0.603. The zero-order chi connectivity index (χ0) is 21.6. The number of benzene rings is 3. The molecule has 0 fully saturated rings. The van der Waals surface area contributed by atoms with Crippen molar-refractivity contribution in [3.05, 3.63) is 83.9 Å². The van der Waals surface area contributed by atoms with Crippen molar-refractivity contribution >= 4 is 11.6 Å². The van der Waals surface area contributed by atoms with E-state index >= 15 is 0 Å². The van der Waals surface area contributed by atoms with Crippen molar-refractivity contribution in [2.45, 2.75) is 19.0 Å². The van der Waals surface area contributed by atoms with E-state index in [1.165, 1.54) is 0 Å². The van der Waals surface area contributed by atoms with Gasteiger partial charge in [-0.3, -0.25) is 10.1 Å². The number of fused-ring (bicyclic) bond motifs is 1. The maximum atomic E-state index is 12.9. The highest BCUT2D eigenvalue weighted by atomic mass is 16.6. The molecule has 0 aliphatic carbocycles. The molecule has 31 heavy (non-hydrogen) atoms. The van der Waals surface area contributed by atoms with Gasteiger partial charge in [-0.05, 0) is 42.3 Å². The lowest BCUT2D eigenvalue weighted by Crippen LogP contribution is -2.40. The summed E-state index contributed by atoms with van der Waals surface area (Å²) in [5.41, 5.74) is 2.79. The maximum Gasteiger partial charge on any atom is 0.241 e. The third-order valence-corrected chi connectivity index (χ3v) is 5.20. The lowest BCUT2D eigenvalue weighted by Gasteiger charge is -2.24. The van der Waals surface area contributed by atoms with E-state index < -0.39 is 6.04 Å². The third-order valence-electron chi connectivity index (χ3n) is 5.20. The number of nitrogens with one attached hydrogen (secondary N) is 2. The highest BCUT2D eigenvalue weighted by molar-refractivity contribution is 5.95. The summed E-state index contributed by atoms with van der Waals surface area (Å²) < 4.78 is 16.4. The Kier molecular flexibility index (Phi) is 6.38. The van der Waals surface area contributed by atoms with Gasteiger partial charge in [-0.2, -0.15) is 0 Å². The predicted octanol–water partition coefficient (Wildman–Crippen LogP) is 4.17. The Bertz CT molecular complexity index is 1020. The number of amides is 1. The molecule has 3 aromatic rings. The normalized spacial score (nSPS) is 14.4. The molecule has 1 aliphatic rings. The summed E-state index contributed by atoms with van der Waals surface area (Å²) in [5, 5.41) is 6.42. The average molecular weight is 418 g/mol. The second-order valence-electron chi connectivity index (χ2n) is 7.35. The van der Waals surface area contributed by atoms with E-state index in [1.54, 1.807) is 13.2 Å². The van der Waals surface area contributed by atoms with Crippen LogP contribution in [0.3, 0.4) is 0 Å². The summed E-state index contributed by atoms with van der Waals surface area (Å²) in [7, 11) is 1.65. The minimum absolute atomic E-state index is 0.133. The summed E-state index contributed by atoms with van der Waals surface area (Å²) >= 11 is 0. The maximum absolute atomic E-state index is 12.9. The molecule has 0 saturated heterocycles. The van der Waals surface area contributed by atoms with Crippen LogP contribution in [0.5, 0.6) is 17.2 Å². The fourth-order valence-electron chi connectivity index (χ4n) is 3.52.